The van der Waals surface area contributed by atoms with E-state index in [1.54, 1.807) is 0 Å². The molecule has 3 aliphatic rings. The highest BCUT2D eigenvalue weighted by molar-refractivity contribution is 5.97. The molecule has 1 spiro atoms. The molecule has 23 heavy (non-hydrogen) atoms. The largest absolute Gasteiger partial charge is 0.504 e. The van der Waals surface area contributed by atoms with Crippen LogP contribution >= 0.6 is 0 Å². The predicted molar refractivity (Wildman–Crippen MR) is 89.7 cm³/mol. The lowest BCUT2D eigenvalue weighted by Gasteiger charge is -2.46. The fourth-order valence-corrected chi connectivity index (χ4v) is 5.00. The molecule has 1 heterocycles. The molecule has 0 bridgehead atoms. The summed E-state index contributed by atoms with van der Waals surface area (Å²) in [7, 11) is 0. The summed E-state index contributed by atoms with van der Waals surface area (Å²) in [5, 5.41) is 10.7. The first-order valence-electron chi connectivity index (χ1n) is 8.47. The summed E-state index contributed by atoms with van der Waals surface area (Å²) in [6.07, 6.45) is 6.08. The van der Waals surface area contributed by atoms with Crippen molar-refractivity contribution in [3.05, 3.63) is 28.8 Å². The lowest BCUT2D eigenvalue weighted by atomic mass is 9.53. The fraction of sp³-hybridized carbons (Fsp3) is 0.550. The minimum Gasteiger partial charge on any atom is -0.504 e. The van der Waals surface area contributed by atoms with Gasteiger partial charge < -0.3 is 9.84 Å². The SMILES string of the molecule is CC(C)c1cc2c3c(c1O)OC(=O)[C@@]31CCC(C)(C)[C@@]1(C)C=C2. The molecule has 0 saturated heterocycles. The summed E-state index contributed by atoms with van der Waals surface area (Å²) in [6.45, 7) is 10.7. The van der Waals surface area contributed by atoms with Crippen LogP contribution in [0.1, 0.15) is 70.1 Å². The average Bonchev–Trinajstić information content (AvgIpc) is 2.89. The monoisotopic (exact) mass is 312 g/mol. The molecule has 1 fully saturated rings. The third-order valence-corrected chi connectivity index (χ3v) is 6.92. The van der Waals surface area contributed by atoms with Crippen molar-refractivity contribution in [2.45, 2.75) is 58.8 Å². The Labute approximate surface area is 137 Å². The van der Waals surface area contributed by atoms with Crippen LogP contribution in [-0.2, 0) is 10.2 Å². The molecule has 1 aliphatic heterocycles. The zero-order valence-electron chi connectivity index (χ0n) is 14.5. The number of ether oxygens (including phenoxy) is 1. The summed E-state index contributed by atoms with van der Waals surface area (Å²) < 4.78 is 5.69. The molecular formula is C20H24O3. The van der Waals surface area contributed by atoms with Gasteiger partial charge >= 0.3 is 5.97 Å². The Morgan fingerprint density at radius 3 is 2.57 bits per heavy atom. The van der Waals surface area contributed by atoms with E-state index in [4.69, 9.17) is 4.74 Å². The number of hydrogen-bond donors (Lipinski definition) is 1. The number of rotatable bonds is 1. The number of phenolic OH excluding ortho intramolecular Hbond substituents is 1. The molecule has 0 radical (unpaired) electrons. The van der Waals surface area contributed by atoms with Gasteiger partial charge in [0.15, 0.2) is 11.5 Å². The van der Waals surface area contributed by atoms with Crippen LogP contribution in [0.4, 0.5) is 0 Å². The van der Waals surface area contributed by atoms with Crippen LogP contribution in [0.25, 0.3) is 6.08 Å². The molecule has 4 rings (SSSR count). The summed E-state index contributed by atoms with van der Waals surface area (Å²) in [4.78, 5) is 13.0. The molecule has 0 amide bonds. The quantitative estimate of drug-likeness (QED) is 0.612. The molecule has 3 nitrogen and oxygen atoms in total. The Kier molecular flexibility index (Phi) is 2.58. The first-order chi connectivity index (χ1) is 10.7. The van der Waals surface area contributed by atoms with Crippen molar-refractivity contribution in [2.24, 2.45) is 10.8 Å². The minimum absolute atomic E-state index is 0.00809. The van der Waals surface area contributed by atoms with E-state index in [9.17, 15) is 9.90 Å². The maximum absolute atomic E-state index is 13.0. The van der Waals surface area contributed by atoms with Gasteiger partial charge in [-0.3, -0.25) is 4.79 Å². The van der Waals surface area contributed by atoms with Crippen LogP contribution in [-0.4, -0.2) is 11.1 Å². The zero-order chi connectivity index (χ0) is 16.8. The highest BCUT2D eigenvalue weighted by atomic mass is 16.5. The van der Waals surface area contributed by atoms with Crippen molar-refractivity contribution in [3.63, 3.8) is 0 Å². The second kappa shape index (κ2) is 4.00. The first-order valence-corrected chi connectivity index (χ1v) is 8.47. The van der Waals surface area contributed by atoms with E-state index in [0.29, 0.717) is 5.75 Å². The average molecular weight is 312 g/mol. The third-order valence-electron chi connectivity index (χ3n) is 6.92. The lowest BCUT2D eigenvalue weighted by Crippen LogP contribution is -2.50. The van der Waals surface area contributed by atoms with E-state index in [2.05, 4.69) is 32.9 Å². The van der Waals surface area contributed by atoms with E-state index in [1.165, 1.54) is 0 Å². The van der Waals surface area contributed by atoms with E-state index < -0.39 is 5.41 Å². The molecule has 2 atom stereocenters. The summed E-state index contributed by atoms with van der Waals surface area (Å²) >= 11 is 0. The lowest BCUT2D eigenvalue weighted by molar-refractivity contribution is -0.142. The van der Waals surface area contributed by atoms with Gasteiger partial charge in [0.2, 0.25) is 0 Å². The maximum Gasteiger partial charge on any atom is 0.323 e. The van der Waals surface area contributed by atoms with Gasteiger partial charge in [-0.15, -0.1) is 0 Å². The molecule has 0 unspecified atom stereocenters. The van der Waals surface area contributed by atoms with Crippen molar-refractivity contribution < 1.29 is 14.6 Å². The van der Waals surface area contributed by atoms with Crippen molar-refractivity contribution in [1.82, 2.24) is 0 Å². The smallest absolute Gasteiger partial charge is 0.323 e. The molecule has 1 saturated carbocycles. The summed E-state index contributed by atoms with van der Waals surface area (Å²) in [6, 6.07) is 2.03. The Morgan fingerprint density at radius 2 is 1.91 bits per heavy atom. The molecular weight excluding hydrogens is 288 g/mol. The van der Waals surface area contributed by atoms with Gasteiger partial charge in [0.25, 0.3) is 0 Å². The summed E-state index contributed by atoms with van der Waals surface area (Å²) in [5.41, 5.74) is 1.86. The van der Waals surface area contributed by atoms with Gasteiger partial charge in [-0.2, -0.15) is 0 Å². The Bertz CT molecular complexity index is 772. The van der Waals surface area contributed by atoms with Gasteiger partial charge in [0, 0.05) is 16.5 Å². The van der Waals surface area contributed by atoms with Crippen LogP contribution in [0.5, 0.6) is 11.5 Å². The summed E-state index contributed by atoms with van der Waals surface area (Å²) in [5.74, 6) is 0.534. The van der Waals surface area contributed by atoms with Gasteiger partial charge in [-0.25, -0.2) is 0 Å². The number of hydrogen-bond acceptors (Lipinski definition) is 3. The Balaban J connectivity index is 2.09. The van der Waals surface area contributed by atoms with Crippen molar-refractivity contribution >= 4 is 12.0 Å². The van der Waals surface area contributed by atoms with Gasteiger partial charge in [0.1, 0.15) is 5.41 Å². The van der Waals surface area contributed by atoms with E-state index in [0.717, 1.165) is 29.5 Å². The van der Waals surface area contributed by atoms with E-state index in [-0.39, 0.29) is 28.5 Å². The topological polar surface area (TPSA) is 46.5 Å². The number of aromatic hydroxyl groups is 1. The van der Waals surface area contributed by atoms with Gasteiger partial charge in [0.05, 0.1) is 0 Å². The highest BCUT2D eigenvalue weighted by Crippen LogP contribution is 2.70. The number of carbonyl (C=O) groups is 1. The van der Waals surface area contributed by atoms with Crippen LogP contribution < -0.4 is 4.74 Å². The van der Waals surface area contributed by atoms with E-state index in [1.807, 2.05) is 19.9 Å². The molecule has 122 valence electrons. The third kappa shape index (κ3) is 1.40. The van der Waals surface area contributed by atoms with Gasteiger partial charge in [-0.05, 0) is 35.8 Å². The second-order valence-electron chi connectivity index (χ2n) is 8.48. The number of phenols is 1. The van der Waals surface area contributed by atoms with Crippen molar-refractivity contribution in [3.8, 4) is 11.5 Å². The van der Waals surface area contributed by atoms with Crippen molar-refractivity contribution in [2.75, 3.05) is 0 Å². The van der Waals surface area contributed by atoms with Crippen LogP contribution in [0, 0.1) is 10.8 Å². The maximum atomic E-state index is 13.0. The van der Waals surface area contributed by atoms with E-state index >= 15 is 0 Å². The number of carbonyl (C=O) groups excluding carboxylic acids is 1. The zero-order valence-corrected chi connectivity index (χ0v) is 14.5. The van der Waals surface area contributed by atoms with Crippen molar-refractivity contribution in [1.29, 1.82) is 0 Å². The number of benzene rings is 1. The van der Waals surface area contributed by atoms with Crippen LogP contribution in [0.3, 0.4) is 0 Å². The Morgan fingerprint density at radius 1 is 1.22 bits per heavy atom. The highest BCUT2D eigenvalue weighted by Gasteiger charge is 2.70. The van der Waals surface area contributed by atoms with Crippen LogP contribution in [0.2, 0.25) is 0 Å². The fourth-order valence-electron chi connectivity index (χ4n) is 5.00. The predicted octanol–water partition coefficient (Wildman–Crippen LogP) is 4.53. The molecule has 1 N–H and O–H groups in total. The standard InChI is InChI=1S/C20H24O3/c1-11(2)13-10-12-6-7-19(5)18(3,4)8-9-20(19)14(12)16(15(13)21)23-17(20)22/h6-7,10-11,21H,8-9H2,1-5H3/t19-,20-/m1/s1. The second-order valence-corrected chi connectivity index (χ2v) is 8.48. The molecule has 1 aromatic carbocycles. The van der Waals surface area contributed by atoms with Gasteiger partial charge in [-0.1, -0.05) is 46.8 Å². The normalized spacial score (nSPS) is 32.9. The van der Waals surface area contributed by atoms with Crippen LogP contribution in [0.15, 0.2) is 12.1 Å². The minimum atomic E-state index is -0.650. The number of allylic oxidation sites excluding steroid dienone is 1. The Hall–Kier alpha value is -1.77. The first kappa shape index (κ1) is 14.8. The number of esters is 1. The molecule has 1 aromatic rings. The molecule has 3 heteroatoms. The molecule has 2 aliphatic carbocycles. The molecule has 0 aromatic heterocycles.